The molecule has 0 aliphatic rings. The summed E-state index contributed by atoms with van der Waals surface area (Å²) >= 11 is 1.35. The van der Waals surface area contributed by atoms with E-state index in [4.69, 9.17) is 9.88 Å². The van der Waals surface area contributed by atoms with Gasteiger partial charge in [0.2, 0.25) is 15.9 Å². The first kappa shape index (κ1) is 26.9. The van der Waals surface area contributed by atoms with Crippen LogP contribution in [0.1, 0.15) is 10.8 Å². The molecular weight excluding hydrogens is 522 g/mol. The molecule has 0 aliphatic carbocycles. The van der Waals surface area contributed by atoms with Crippen molar-refractivity contribution >= 4 is 45.0 Å². The third kappa shape index (κ3) is 7.69. The maximum absolute atomic E-state index is 13.3. The van der Waals surface area contributed by atoms with Crippen LogP contribution in [-0.2, 0) is 19.6 Å². The number of para-hydroxylation sites is 1. The van der Waals surface area contributed by atoms with Crippen LogP contribution in [0.4, 0.5) is 11.4 Å². The molecule has 2 amide bonds. The molecule has 0 aromatic heterocycles. The van der Waals surface area contributed by atoms with Crippen molar-refractivity contribution in [2.24, 2.45) is 5.14 Å². The number of thioether (sulfide) groups is 1. The van der Waals surface area contributed by atoms with Crippen LogP contribution in [-0.4, -0.2) is 26.8 Å². The van der Waals surface area contributed by atoms with Gasteiger partial charge in [0.1, 0.15) is 11.0 Å². The standard InChI is InChI=1S/C28H25N3O5S2/c29-38(34,35)25-17-13-22(14-18-25)31-28(33)27(20-7-3-1-4-8-20)37-24-15-11-21(12-16-24)30-26(32)19-36-23-9-5-2-6-10-23/h1-18,27H,19H2,(H,30,32)(H,31,33)(H2,29,34,35). The lowest BCUT2D eigenvalue weighted by Gasteiger charge is -2.17. The largest absolute Gasteiger partial charge is 0.484 e. The minimum atomic E-state index is -3.83. The number of carbonyl (C=O) groups is 2. The molecule has 4 aromatic rings. The third-order valence-corrected chi connectivity index (χ3v) is 7.49. The molecule has 0 bridgehead atoms. The predicted molar refractivity (Wildman–Crippen MR) is 148 cm³/mol. The Morgan fingerprint density at radius 2 is 1.32 bits per heavy atom. The smallest absolute Gasteiger partial charge is 0.262 e. The summed E-state index contributed by atoms with van der Waals surface area (Å²) in [6.45, 7) is -0.116. The van der Waals surface area contributed by atoms with Gasteiger partial charge in [-0.1, -0.05) is 48.5 Å². The molecule has 0 radical (unpaired) electrons. The number of hydrogen-bond donors (Lipinski definition) is 3. The van der Waals surface area contributed by atoms with E-state index in [1.807, 2.05) is 60.7 Å². The Kier molecular flexibility index (Phi) is 8.80. The third-order valence-electron chi connectivity index (χ3n) is 5.30. The van der Waals surface area contributed by atoms with Crippen LogP contribution in [0.5, 0.6) is 5.75 Å². The van der Waals surface area contributed by atoms with Crippen molar-refractivity contribution in [3.8, 4) is 5.75 Å². The van der Waals surface area contributed by atoms with Gasteiger partial charge in [-0.25, -0.2) is 13.6 Å². The average molecular weight is 548 g/mol. The van der Waals surface area contributed by atoms with E-state index in [2.05, 4.69) is 10.6 Å². The van der Waals surface area contributed by atoms with E-state index in [9.17, 15) is 18.0 Å². The molecule has 1 unspecified atom stereocenters. The molecule has 0 fully saturated rings. The number of carbonyl (C=O) groups excluding carboxylic acids is 2. The van der Waals surface area contributed by atoms with Gasteiger partial charge in [0.05, 0.1) is 4.90 Å². The van der Waals surface area contributed by atoms with Gasteiger partial charge in [-0.15, -0.1) is 11.8 Å². The number of benzene rings is 4. The first-order valence-corrected chi connectivity index (χ1v) is 13.9. The number of sulfonamides is 1. The van der Waals surface area contributed by atoms with Crippen LogP contribution >= 0.6 is 11.8 Å². The van der Waals surface area contributed by atoms with Crippen LogP contribution in [0.2, 0.25) is 0 Å². The first-order chi connectivity index (χ1) is 18.3. The van der Waals surface area contributed by atoms with Crippen molar-refractivity contribution in [3.05, 3.63) is 115 Å². The second kappa shape index (κ2) is 12.4. The van der Waals surface area contributed by atoms with Crippen molar-refractivity contribution in [1.29, 1.82) is 0 Å². The maximum atomic E-state index is 13.3. The van der Waals surface area contributed by atoms with Crippen molar-refractivity contribution in [2.45, 2.75) is 15.0 Å². The Labute approximate surface area is 225 Å². The van der Waals surface area contributed by atoms with Crippen molar-refractivity contribution < 1.29 is 22.7 Å². The number of ether oxygens (including phenoxy) is 1. The zero-order chi connectivity index (χ0) is 27.0. The minimum Gasteiger partial charge on any atom is -0.484 e. The Bertz CT molecular complexity index is 1480. The van der Waals surface area contributed by atoms with Gasteiger partial charge in [0.25, 0.3) is 5.91 Å². The highest BCUT2D eigenvalue weighted by atomic mass is 32.2. The number of amides is 2. The monoisotopic (exact) mass is 547 g/mol. The van der Waals surface area contributed by atoms with Gasteiger partial charge in [-0.3, -0.25) is 9.59 Å². The van der Waals surface area contributed by atoms with Gasteiger partial charge in [0, 0.05) is 16.3 Å². The summed E-state index contributed by atoms with van der Waals surface area (Å²) < 4.78 is 28.5. The fraction of sp³-hybridized carbons (Fsp3) is 0.0714. The molecule has 4 rings (SSSR count). The molecule has 4 N–H and O–H groups in total. The molecular formula is C28H25N3O5S2. The quantitative estimate of drug-likeness (QED) is 0.244. The highest BCUT2D eigenvalue weighted by Gasteiger charge is 2.22. The van der Waals surface area contributed by atoms with Crippen LogP contribution in [0, 0.1) is 0 Å². The Morgan fingerprint density at radius 3 is 1.92 bits per heavy atom. The van der Waals surface area contributed by atoms with Crippen LogP contribution in [0.15, 0.2) is 119 Å². The fourth-order valence-corrected chi connectivity index (χ4v) is 4.99. The van der Waals surface area contributed by atoms with Gasteiger partial charge in [-0.05, 0) is 66.2 Å². The normalized spacial score (nSPS) is 11.8. The molecule has 1 atom stereocenters. The summed E-state index contributed by atoms with van der Waals surface area (Å²) in [7, 11) is -3.83. The average Bonchev–Trinajstić information content (AvgIpc) is 2.92. The van der Waals surface area contributed by atoms with Gasteiger partial charge in [0.15, 0.2) is 6.61 Å². The van der Waals surface area contributed by atoms with E-state index in [-0.39, 0.29) is 23.3 Å². The van der Waals surface area contributed by atoms with Crippen LogP contribution in [0.3, 0.4) is 0 Å². The number of rotatable bonds is 10. The molecule has 0 heterocycles. The Morgan fingerprint density at radius 1 is 0.763 bits per heavy atom. The van der Waals surface area contributed by atoms with Crippen molar-refractivity contribution in [2.75, 3.05) is 17.2 Å². The zero-order valence-electron chi connectivity index (χ0n) is 20.1. The topological polar surface area (TPSA) is 128 Å². The zero-order valence-corrected chi connectivity index (χ0v) is 21.7. The number of nitrogens with one attached hydrogen (secondary N) is 2. The second-order valence-electron chi connectivity index (χ2n) is 8.14. The molecule has 0 aliphatic heterocycles. The second-order valence-corrected chi connectivity index (χ2v) is 10.9. The summed E-state index contributed by atoms with van der Waals surface area (Å²) in [6.07, 6.45) is 0. The lowest BCUT2D eigenvalue weighted by atomic mass is 10.1. The maximum Gasteiger partial charge on any atom is 0.262 e. The number of anilines is 2. The first-order valence-electron chi connectivity index (χ1n) is 11.5. The highest BCUT2D eigenvalue weighted by molar-refractivity contribution is 8.00. The summed E-state index contributed by atoms with van der Waals surface area (Å²) in [5.41, 5.74) is 1.85. The van der Waals surface area contributed by atoms with Gasteiger partial charge >= 0.3 is 0 Å². The van der Waals surface area contributed by atoms with Crippen molar-refractivity contribution in [1.82, 2.24) is 0 Å². The molecule has 8 nitrogen and oxygen atoms in total. The summed E-state index contributed by atoms with van der Waals surface area (Å²) in [5.74, 6) is 0.0456. The highest BCUT2D eigenvalue weighted by Crippen LogP contribution is 2.36. The molecule has 0 saturated carbocycles. The van der Waals surface area contributed by atoms with Gasteiger partial charge < -0.3 is 15.4 Å². The fourth-order valence-electron chi connectivity index (χ4n) is 3.45. The van der Waals surface area contributed by atoms with E-state index in [0.717, 1.165) is 10.5 Å². The molecule has 4 aromatic carbocycles. The van der Waals surface area contributed by atoms with Crippen molar-refractivity contribution in [3.63, 3.8) is 0 Å². The van der Waals surface area contributed by atoms with Crippen LogP contribution in [0.25, 0.3) is 0 Å². The molecule has 0 saturated heterocycles. The van der Waals surface area contributed by atoms with E-state index in [1.54, 1.807) is 24.3 Å². The van der Waals surface area contributed by atoms with E-state index >= 15 is 0 Å². The minimum absolute atomic E-state index is 0.0386. The van der Waals surface area contributed by atoms with E-state index in [0.29, 0.717) is 17.1 Å². The van der Waals surface area contributed by atoms with E-state index < -0.39 is 15.3 Å². The molecule has 194 valence electrons. The summed E-state index contributed by atoms with van der Waals surface area (Å²) in [6, 6.07) is 31.2. The summed E-state index contributed by atoms with van der Waals surface area (Å²) in [5, 5.41) is 10.2. The Hall–Kier alpha value is -4.12. The van der Waals surface area contributed by atoms with Gasteiger partial charge in [-0.2, -0.15) is 0 Å². The molecule has 10 heteroatoms. The summed E-state index contributed by atoms with van der Waals surface area (Å²) in [4.78, 5) is 26.3. The lowest BCUT2D eigenvalue weighted by Crippen LogP contribution is -2.20. The Balaban J connectivity index is 1.41. The number of primary sulfonamides is 1. The van der Waals surface area contributed by atoms with E-state index in [1.165, 1.54) is 36.0 Å². The SMILES string of the molecule is NS(=O)(=O)c1ccc(NC(=O)C(Sc2ccc(NC(=O)COc3ccccc3)cc2)c2ccccc2)cc1. The van der Waals surface area contributed by atoms with Crippen LogP contribution < -0.4 is 20.5 Å². The predicted octanol–water partition coefficient (Wildman–Crippen LogP) is 4.82. The number of nitrogens with two attached hydrogens (primary N) is 1. The number of hydrogen-bond acceptors (Lipinski definition) is 6. The lowest BCUT2D eigenvalue weighted by molar-refractivity contribution is -0.118. The molecule has 0 spiro atoms. The molecule has 38 heavy (non-hydrogen) atoms.